The number of aryl methyl sites for hydroxylation is 1. The number of carbonyl (C=O) groups is 3. The van der Waals surface area contributed by atoms with Crippen LogP contribution in [0.25, 0.3) is 0 Å². The molecule has 0 fully saturated rings. The molecule has 0 saturated heterocycles. The van der Waals surface area contributed by atoms with Gasteiger partial charge in [-0.25, -0.2) is 0 Å². The smallest absolute Gasteiger partial charge is 0.306 e. The lowest BCUT2D eigenvalue weighted by Gasteiger charge is -2.09. The summed E-state index contributed by atoms with van der Waals surface area (Å²) < 4.78 is 15.8. The highest BCUT2D eigenvalue weighted by atomic mass is 35.5. The molecule has 2 N–H and O–H groups in total. The van der Waals surface area contributed by atoms with E-state index in [-0.39, 0.29) is 18.7 Å². The summed E-state index contributed by atoms with van der Waals surface area (Å²) in [5.41, 5.74) is 2.02. The van der Waals surface area contributed by atoms with Gasteiger partial charge in [0.15, 0.2) is 6.61 Å². The van der Waals surface area contributed by atoms with Crippen LogP contribution in [0.4, 0.5) is 11.4 Å². The third-order valence-corrected chi connectivity index (χ3v) is 5.44. The Labute approximate surface area is 214 Å². The molecule has 0 aromatic heterocycles. The Kier molecular flexibility index (Phi) is 9.71. The van der Waals surface area contributed by atoms with Crippen molar-refractivity contribution in [3.63, 3.8) is 0 Å². The van der Waals surface area contributed by atoms with Crippen LogP contribution in [0.3, 0.4) is 0 Å². The Morgan fingerprint density at radius 3 is 2.00 bits per heavy atom. The fraction of sp³-hybridized carbons (Fsp3) is 0.222. The van der Waals surface area contributed by atoms with Crippen molar-refractivity contribution in [2.75, 3.05) is 24.4 Å². The van der Waals surface area contributed by atoms with E-state index in [0.29, 0.717) is 34.3 Å². The molecule has 0 aliphatic rings. The number of amides is 2. The van der Waals surface area contributed by atoms with Crippen molar-refractivity contribution in [3.8, 4) is 17.2 Å². The lowest BCUT2D eigenvalue weighted by Crippen LogP contribution is -2.21. The lowest BCUT2D eigenvalue weighted by molar-refractivity contribution is -0.147. The molecule has 0 atom stereocenters. The number of benzene rings is 3. The number of hydrogen-bond donors (Lipinski definition) is 2. The standard InChI is InChI=1S/C27H27ClN2O6/c1-18-6-7-20(16-24(18)28)30-26(32)17-35-27(33)5-3-4-25(31)29-19-8-10-22(11-9-19)36-23-14-12-21(34-2)13-15-23/h6-16H,3-5,17H2,1-2H3,(H,29,31)(H,30,32). The van der Waals surface area contributed by atoms with Crippen LogP contribution in [0.15, 0.2) is 66.7 Å². The van der Waals surface area contributed by atoms with Gasteiger partial charge in [0.1, 0.15) is 17.2 Å². The molecule has 3 aromatic rings. The first-order chi connectivity index (χ1) is 17.3. The molecule has 0 heterocycles. The van der Waals surface area contributed by atoms with Crippen molar-refractivity contribution < 1.29 is 28.6 Å². The molecule has 0 radical (unpaired) electrons. The number of methoxy groups -OCH3 is 1. The number of nitrogens with one attached hydrogen (secondary N) is 2. The Hall–Kier alpha value is -4.04. The summed E-state index contributed by atoms with van der Waals surface area (Å²) in [4.78, 5) is 36.0. The maximum Gasteiger partial charge on any atom is 0.306 e. The zero-order chi connectivity index (χ0) is 25.9. The number of esters is 1. The van der Waals surface area contributed by atoms with Gasteiger partial charge in [-0.05, 0) is 79.6 Å². The van der Waals surface area contributed by atoms with E-state index in [1.54, 1.807) is 73.8 Å². The van der Waals surface area contributed by atoms with Gasteiger partial charge < -0.3 is 24.8 Å². The SMILES string of the molecule is COc1ccc(Oc2ccc(NC(=O)CCCC(=O)OCC(=O)Nc3ccc(C)c(Cl)c3)cc2)cc1. The highest BCUT2D eigenvalue weighted by molar-refractivity contribution is 6.31. The molecular weight excluding hydrogens is 484 g/mol. The molecule has 0 spiro atoms. The summed E-state index contributed by atoms with van der Waals surface area (Å²) in [5, 5.41) is 5.91. The van der Waals surface area contributed by atoms with Gasteiger partial charge >= 0.3 is 5.97 Å². The van der Waals surface area contributed by atoms with Crippen molar-refractivity contribution in [1.82, 2.24) is 0 Å². The minimum Gasteiger partial charge on any atom is -0.497 e. The molecule has 9 heteroatoms. The third kappa shape index (κ3) is 8.63. The highest BCUT2D eigenvalue weighted by Gasteiger charge is 2.10. The van der Waals surface area contributed by atoms with E-state index < -0.39 is 18.5 Å². The quantitative estimate of drug-likeness (QED) is 0.319. The van der Waals surface area contributed by atoms with Gasteiger partial charge in [-0.15, -0.1) is 0 Å². The number of ether oxygens (including phenoxy) is 3. The van der Waals surface area contributed by atoms with Crippen LogP contribution in [0.2, 0.25) is 5.02 Å². The summed E-state index contributed by atoms with van der Waals surface area (Å²) in [5.74, 6) is 0.760. The van der Waals surface area contributed by atoms with Crippen LogP contribution >= 0.6 is 11.6 Å². The molecule has 0 aliphatic carbocycles. The molecule has 3 rings (SSSR count). The largest absolute Gasteiger partial charge is 0.497 e. The Morgan fingerprint density at radius 1 is 0.778 bits per heavy atom. The predicted octanol–water partition coefficient (Wildman–Crippen LogP) is 5.74. The van der Waals surface area contributed by atoms with E-state index >= 15 is 0 Å². The van der Waals surface area contributed by atoms with Crippen LogP contribution < -0.4 is 20.1 Å². The average molecular weight is 511 g/mol. The Morgan fingerprint density at radius 2 is 1.36 bits per heavy atom. The second kappa shape index (κ2) is 13.2. The predicted molar refractivity (Wildman–Crippen MR) is 138 cm³/mol. The minimum absolute atomic E-state index is 0.0195. The molecule has 8 nitrogen and oxygen atoms in total. The van der Waals surface area contributed by atoms with E-state index in [2.05, 4.69) is 10.6 Å². The Bertz CT molecular complexity index is 1200. The van der Waals surface area contributed by atoms with E-state index in [1.807, 2.05) is 6.92 Å². The first-order valence-corrected chi connectivity index (χ1v) is 11.6. The van der Waals surface area contributed by atoms with Crippen LogP contribution in [-0.4, -0.2) is 31.5 Å². The zero-order valence-electron chi connectivity index (χ0n) is 20.0. The summed E-state index contributed by atoms with van der Waals surface area (Å²) >= 11 is 6.03. The summed E-state index contributed by atoms with van der Waals surface area (Å²) in [6.07, 6.45) is 0.442. The van der Waals surface area contributed by atoms with Crippen molar-refractivity contribution >= 4 is 40.8 Å². The van der Waals surface area contributed by atoms with E-state index in [9.17, 15) is 14.4 Å². The van der Waals surface area contributed by atoms with Gasteiger partial charge in [0, 0.05) is 29.2 Å². The highest BCUT2D eigenvalue weighted by Crippen LogP contribution is 2.25. The topological polar surface area (TPSA) is 103 Å². The average Bonchev–Trinajstić information content (AvgIpc) is 2.87. The van der Waals surface area contributed by atoms with E-state index in [0.717, 1.165) is 11.3 Å². The maximum atomic E-state index is 12.2. The summed E-state index contributed by atoms with van der Waals surface area (Å²) in [6, 6.07) is 19.2. The normalized spacial score (nSPS) is 10.3. The van der Waals surface area contributed by atoms with Crippen LogP contribution in [-0.2, 0) is 19.1 Å². The van der Waals surface area contributed by atoms with Gasteiger partial charge in [-0.1, -0.05) is 17.7 Å². The second-order valence-corrected chi connectivity index (χ2v) is 8.28. The van der Waals surface area contributed by atoms with Crippen LogP contribution in [0.1, 0.15) is 24.8 Å². The zero-order valence-corrected chi connectivity index (χ0v) is 20.8. The monoisotopic (exact) mass is 510 g/mol. The van der Waals surface area contributed by atoms with E-state index in [1.165, 1.54) is 0 Å². The fourth-order valence-corrected chi connectivity index (χ4v) is 3.27. The molecule has 0 unspecified atom stereocenters. The number of anilines is 2. The third-order valence-electron chi connectivity index (χ3n) is 5.04. The molecule has 2 amide bonds. The molecular formula is C27H27ClN2O6. The number of halogens is 1. The molecule has 3 aromatic carbocycles. The first kappa shape index (κ1) is 26.6. The molecule has 188 valence electrons. The minimum atomic E-state index is -0.556. The van der Waals surface area contributed by atoms with Crippen molar-refractivity contribution in [2.24, 2.45) is 0 Å². The fourth-order valence-electron chi connectivity index (χ4n) is 3.09. The molecule has 0 saturated carbocycles. The Balaban J connectivity index is 1.33. The molecule has 36 heavy (non-hydrogen) atoms. The van der Waals surface area contributed by atoms with Gasteiger partial charge in [0.25, 0.3) is 5.91 Å². The molecule has 0 bridgehead atoms. The van der Waals surface area contributed by atoms with Crippen LogP contribution in [0, 0.1) is 6.92 Å². The summed E-state index contributed by atoms with van der Waals surface area (Å²) in [7, 11) is 1.60. The van der Waals surface area contributed by atoms with Gasteiger partial charge in [0.2, 0.25) is 5.91 Å². The second-order valence-electron chi connectivity index (χ2n) is 7.88. The first-order valence-electron chi connectivity index (χ1n) is 11.3. The van der Waals surface area contributed by atoms with Crippen molar-refractivity contribution in [3.05, 3.63) is 77.3 Å². The van der Waals surface area contributed by atoms with Gasteiger partial charge in [0.05, 0.1) is 7.11 Å². The van der Waals surface area contributed by atoms with E-state index in [4.69, 9.17) is 25.8 Å². The van der Waals surface area contributed by atoms with Crippen molar-refractivity contribution in [2.45, 2.75) is 26.2 Å². The number of rotatable bonds is 11. The number of carbonyl (C=O) groups excluding carboxylic acids is 3. The molecule has 0 aliphatic heterocycles. The van der Waals surface area contributed by atoms with Crippen LogP contribution in [0.5, 0.6) is 17.2 Å². The van der Waals surface area contributed by atoms with Crippen molar-refractivity contribution in [1.29, 1.82) is 0 Å². The van der Waals surface area contributed by atoms with Gasteiger partial charge in [-0.3, -0.25) is 14.4 Å². The lowest BCUT2D eigenvalue weighted by atomic mass is 10.2. The maximum absolute atomic E-state index is 12.2. The number of hydrogen-bond acceptors (Lipinski definition) is 6. The summed E-state index contributed by atoms with van der Waals surface area (Å²) in [6.45, 7) is 1.44. The van der Waals surface area contributed by atoms with Gasteiger partial charge in [-0.2, -0.15) is 0 Å².